The smallest absolute Gasteiger partial charge is 0.185 e. The Balaban J connectivity index is 2.09. The molecule has 0 heterocycles. The molecule has 0 aliphatic heterocycles. The molecule has 0 N–H and O–H groups in total. The Morgan fingerprint density at radius 3 is 2.64 bits per heavy atom. The van der Waals surface area contributed by atoms with Crippen LogP contribution in [0, 0.1) is 0 Å². The Kier molecular flexibility index (Phi) is 5.49. The molecule has 0 aliphatic rings. The van der Waals surface area contributed by atoms with Gasteiger partial charge in [0.05, 0.1) is 5.97 Å². The number of rotatable bonds is 6. The van der Waals surface area contributed by atoms with Crippen LogP contribution in [0.4, 0.5) is 0 Å². The van der Waals surface area contributed by atoms with Gasteiger partial charge in [0.15, 0.2) is 5.78 Å². The normalized spacial score (nSPS) is 10.6. The molecule has 0 unspecified atom stereocenters. The maximum Gasteiger partial charge on any atom is 0.185 e. The molecule has 22 heavy (non-hydrogen) atoms. The first-order valence-corrected chi connectivity index (χ1v) is 7.24. The van der Waals surface area contributed by atoms with E-state index in [4.69, 9.17) is 4.74 Å². The molecular weight excluding hydrogens is 348 g/mol. The fraction of sp³-hybridized carbons (Fsp3) is 0.0588. The number of ketones is 1. The first kappa shape index (κ1) is 16.0. The van der Waals surface area contributed by atoms with E-state index in [1.54, 1.807) is 24.3 Å². The molecule has 2 aromatic carbocycles. The van der Waals surface area contributed by atoms with E-state index in [1.165, 1.54) is 12.1 Å². The fourth-order valence-electron chi connectivity index (χ4n) is 1.76. The number of ether oxygens (including phenoxy) is 1. The van der Waals surface area contributed by atoms with Gasteiger partial charge in [-0.15, -0.1) is 0 Å². The zero-order valence-corrected chi connectivity index (χ0v) is 13.1. The topological polar surface area (TPSA) is 66.4 Å². The average molecular weight is 360 g/mol. The van der Waals surface area contributed by atoms with Gasteiger partial charge in [0, 0.05) is 10.0 Å². The Labute approximate surface area is 136 Å². The maximum atomic E-state index is 12.1. The van der Waals surface area contributed by atoms with E-state index in [9.17, 15) is 14.7 Å². The summed E-state index contributed by atoms with van der Waals surface area (Å²) in [7, 11) is 0. The van der Waals surface area contributed by atoms with Gasteiger partial charge in [-0.1, -0.05) is 46.3 Å². The second-order valence-electron chi connectivity index (χ2n) is 4.44. The largest absolute Gasteiger partial charge is 0.546 e. The predicted octanol–water partition coefficient (Wildman–Crippen LogP) is 2.47. The average Bonchev–Trinajstić information content (AvgIpc) is 2.51. The fourth-order valence-corrected chi connectivity index (χ4v) is 2.18. The van der Waals surface area contributed by atoms with Crippen molar-refractivity contribution < 1.29 is 19.4 Å². The summed E-state index contributed by atoms with van der Waals surface area (Å²) in [6.45, 7) is -0.550. The zero-order valence-electron chi connectivity index (χ0n) is 11.5. The number of hydrogen-bond donors (Lipinski definition) is 0. The number of hydrogen-bond acceptors (Lipinski definition) is 4. The maximum absolute atomic E-state index is 12.1. The molecule has 112 valence electrons. The van der Waals surface area contributed by atoms with Crippen molar-refractivity contribution in [3.8, 4) is 5.75 Å². The minimum atomic E-state index is -1.31. The van der Waals surface area contributed by atoms with E-state index in [1.807, 2.05) is 24.3 Å². The highest BCUT2D eigenvalue weighted by Gasteiger charge is 2.04. The lowest BCUT2D eigenvalue weighted by atomic mass is 10.1. The highest BCUT2D eigenvalue weighted by Crippen LogP contribution is 2.16. The van der Waals surface area contributed by atoms with Crippen molar-refractivity contribution in [2.24, 2.45) is 0 Å². The van der Waals surface area contributed by atoms with Gasteiger partial charge in [-0.2, -0.15) is 0 Å². The van der Waals surface area contributed by atoms with E-state index >= 15 is 0 Å². The number of aliphatic carboxylic acids is 1. The van der Waals surface area contributed by atoms with Crippen molar-refractivity contribution in [2.75, 3.05) is 6.61 Å². The third kappa shape index (κ3) is 4.86. The zero-order chi connectivity index (χ0) is 15.9. The van der Waals surface area contributed by atoms with Gasteiger partial charge in [-0.05, 0) is 35.9 Å². The molecule has 0 spiro atoms. The molecule has 0 bridgehead atoms. The van der Waals surface area contributed by atoms with Crippen LogP contribution in [0.25, 0.3) is 6.08 Å². The number of benzene rings is 2. The first-order chi connectivity index (χ1) is 10.5. The number of halogens is 1. The third-order valence-electron chi connectivity index (χ3n) is 2.75. The van der Waals surface area contributed by atoms with Gasteiger partial charge in [0.1, 0.15) is 12.4 Å². The van der Waals surface area contributed by atoms with E-state index < -0.39 is 12.6 Å². The van der Waals surface area contributed by atoms with Crippen LogP contribution in [0.5, 0.6) is 5.75 Å². The van der Waals surface area contributed by atoms with Crippen molar-refractivity contribution in [1.82, 2.24) is 0 Å². The summed E-state index contributed by atoms with van der Waals surface area (Å²) in [4.78, 5) is 22.5. The molecule has 0 radical (unpaired) electrons. The number of carbonyl (C=O) groups excluding carboxylic acids is 2. The van der Waals surface area contributed by atoms with Crippen LogP contribution < -0.4 is 9.84 Å². The number of allylic oxidation sites excluding steroid dienone is 1. The highest BCUT2D eigenvalue weighted by atomic mass is 79.9. The molecule has 5 heteroatoms. The predicted molar refractivity (Wildman–Crippen MR) is 84.5 cm³/mol. The molecule has 0 aromatic heterocycles. The van der Waals surface area contributed by atoms with Gasteiger partial charge < -0.3 is 14.6 Å². The summed E-state index contributed by atoms with van der Waals surface area (Å²) < 4.78 is 5.92. The van der Waals surface area contributed by atoms with Crippen molar-refractivity contribution in [1.29, 1.82) is 0 Å². The van der Waals surface area contributed by atoms with Crippen molar-refractivity contribution >= 4 is 33.8 Å². The van der Waals surface area contributed by atoms with Crippen LogP contribution in [0.2, 0.25) is 0 Å². The summed E-state index contributed by atoms with van der Waals surface area (Å²) in [5.41, 5.74) is 1.31. The number of carbonyl (C=O) groups is 2. The molecule has 0 saturated heterocycles. The standard InChI is InChI=1S/C17H13BrO4/c18-14-5-1-3-12(9-14)7-8-16(19)13-4-2-6-15(10-13)22-11-17(20)21/h1-10H,11H2,(H,20,21)/p-1/b8-7+. The molecule has 0 fully saturated rings. The van der Waals surface area contributed by atoms with Gasteiger partial charge in [0.25, 0.3) is 0 Å². The summed E-state index contributed by atoms with van der Waals surface area (Å²) >= 11 is 3.36. The number of carboxylic acid groups (broad SMARTS) is 1. The van der Waals surface area contributed by atoms with Gasteiger partial charge in [-0.25, -0.2) is 0 Å². The van der Waals surface area contributed by atoms with Gasteiger partial charge >= 0.3 is 0 Å². The first-order valence-electron chi connectivity index (χ1n) is 6.45. The summed E-state index contributed by atoms with van der Waals surface area (Å²) in [5.74, 6) is -1.20. The molecule has 0 saturated carbocycles. The summed E-state index contributed by atoms with van der Waals surface area (Å²) in [5, 5.41) is 10.4. The second kappa shape index (κ2) is 7.56. The van der Waals surface area contributed by atoms with E-state index in [0.717, 1.165) is 10.0 Å². The van der Waals surface area contributed by atoms with Gasteiger partial charge in [0.2, 0.25) is 0 Å². The molecule has 2 aromatic rings. The molecule has 0 atom stereocenters. The van der Waals surface area contributed by atoms with Crippen molar-refractivity contribution in [2.45, 2.75) is 0 Å². The van der Waals surface area contributed by atoms with Crippen LogP contribution in [0.3, 0.4) is 0 Å². The van der Waals surface area contributed by atoms with Crippen LogP contribution in [-0.2, 0) is 4.79 Å². The van der Waals surface area contributed by atoms with Crippen molar-refractivity contribution in [3.05, 3.63) is 70.2 Å². The minimum absolute atomic E-state index is 0.195. The quantitative estimate of drug-likeness (QED) is 0.586. The summed E-state index contributed by atoms with van der Waals surface area (Å²) in [6, 6.07) is 13.9. The molecular formula is C17H12BrO4-. The van der Waals surface area contributed by atoms with Crippen LogP contribution in [0.15, 0.2) is 59.1 Å². The second-order valence-corrected chi connectivity index (χ2v) is 5.36. The van der Waals surface area contributed by atoms with E-state index in [2.05, 4.69) is 15.9 Å². The third-order valence-corrected chi connectivity index (χ3v) is 3.24. The monoisotopic (exact) mass is 359 g/mol. The number of carboxylic acids is 1. The molecule has 4 nitrogen and oxygen atoms in total. The lowest BCUT2D eigenvalue weighted by molar-refractivity contribution is -0.307. The van der Waals surface area contributed by atoms with Crippen LogP contribution in [-0.4, -0.2) is 18.4 Å². The van der Waals surface area contributed by atoms with E-state index in [-0.39, 0.29) is 5.78 Å². The Morgan fingerprint density at radius 2 is 1.91 bits per heavy atom. The SMILES string of the molecule is O=C([O-])COc1cccc(C(=O)/C=C/c2cccc(Br)c2)c1. The Morgan fingerprint density at radius 1 is 1.14 bits per heavy atom. The van der Waals surface area contributed by atoms with Crippen molar-refractivity contribution in [3.63, 3.8) is 0 Å². The lowest BCUT2D eigenvalue weighted by Gasteiger charge is -2.07. The lowest BCUT2D eigenvalue weighted by Crippen LogP contribution is -2.28. The minimum Gasteiger partial charge on any atom is -0.546 e. The van der Waals surface area contributed by atoms with E-state index in [0.29, 0.717) is 11.3 Å². The Hall–Kier alpha value is -2.40. The Bertz CT molecular complexity index is 722. The van der Waals surface area contributed by atoms with Gasteiger partial charge in [-0.3, -0.25) is 4.79 Å². The molecule has 0 aliphatic carbocycles. The van der Waals surface area contributed by atoms with Crippen LogP contribution >= 0.6 is 15.9 Å². The summed E-state index contributed by atoms with van der Waals surface area (Å²) in [6.07, 6.45) is 3.17. The molecule has 2 rings (SSSR count). The molecule has 0 amide bonds. The highest BCUT2D eigenvalue weighted by molar-refractivity contribution is 9.10. The van der Waals surface area contributed by atoms with Crippen LogP contribution in [0.1, 0.15) is 15.9 Å².